The second kappa shape index (κ2) is 11.6. The van der Waals surface area contributed by atoms with E-state index in [4.69, 9.17) is 0 Å². The first-order valence-corrected chi connectivity index (χ1v) is 12.7. The van der Waals surface area contributed by atoms with Gasteiger partial charge in [0, 0.05) is 44.6 Å². The number of unbranched alkanes of at least 4 members (excludes halogenated alkanes) is 4. The average molecular weight is 478 g/mol. The summed E-state index contributed by atoms with van der Waals surface area (Å²) in [6, 6.07) is 4.75. The molecule has 2 aliphatic heterocycles. The highest BCUT2D eigenvalue weighted by Gasteiger charge is 2.30. The molecule has 8 nitrogen and oxygen atoms in total. The lowest BCUT2D eigenvalue weighted by Crippen LogP contribution is -2.45. The predicted molar refractivity (Wildman–Crippen MR) is 136 cm³/mol. The molecular weight excluding hydrogens is 442 g/mol. The first-order valence-electron chi connectivity index (χ1n) is 12.7. The number of rotatable bonds is 7. The maximum atomic E-state index is 13.4. The number of piperazine rings is 1. The highest BCUT2D eigenvalue weighted by Crippen LogP contribution is 2.21. The topological polar surface area (TPSA) is 87.5 Å². The number of aromatic nitrogens is 2. The first kappa shape index (κ1) is 25.1. The maximum Gasteiger partial charge on any atom is 0.263 e. The van der Waals surface area contributed by atoms with Crippen LogP contribution in [0.25, 0.3) is 10.9 Å². The van der Waals surface area contributed by atoms with Crippen LogP contribution in [-0.2, 0) is 9.59 Å². The molecule has 2 fully saturated rings. The zero-order valence-corrected chi connectivity index (χ0v) is 20.8. The standard InChI is InChI=1S/C27H35N5O3/c1-20-28-22-12-9-11-21(25(22)27(35)32(20)23-13-14-24(33)29-26(23)34)10-7-5-3-4-6-8-15-31-18-16-30(2)17-19-31/h9,11-12,23H,3-6,8,13-19H2,1-2H3,(H,29,33,34). The second-order valence-electron chi connectivity index (χ2n) is 9.61. The lowest BCUT2D eigenvalue weighted by atomic mass is 10.0. The fraction of sp³-hybridized carbons (Fsp3) is 0.556. The van der Waals surface area contributed by atoms with Crippen molar-refractivity contribution in [3.63, 3.8) is 0 Å². The van der Waals surface area contributed by atoms with Crippen LogP contribution < -0.4 is 10.9 Å². The van der Waals surface area contributed by atoms with Crippen molar-refractivity contribution in [1.82, 2.24) is 24.7 Å². The molecule has 0 aliphatic carbocycles. The van der Waals surface area contributed by atoms with E-state index < -0.39 is 11.9 Å². The Labute approximate surface area is 206 Å². The number of imide groups is 1. The van der Waals surface area contributed by atoms with Gasteiger partial charge in [-0.05, 0) is 51.9 Å². The summed E-state index contributed by atoms with van der Waals surface area (Å²) in [6.45, 7) is 7.57. The number of carbonyl (C=O) groups excluding carboxylic acids is 2. The number of piperidine rings is 1. The Morgan fingerprint density at radius 2 is 1.83 bits per heavy atom. The van der Waals surface area contributed by atoms with Gasteiger partial charge in [-0.15, -0.1) is 0 Å². The summed E-state index contributed by atoms with van der Waals surface area (Å²) in [5, 5.41) is 2.76. The number of fused-ring (bicyclic) bond motifs is 1. The number of benzene rings is 1. The minimum Gasteiger partial charge on any atom is -0.304 e. The fourth-order valence-corrected chi connectivity index (χ4v) is 4.88. The van der Waals surface area contributed by atoms with E-state index in [2.05, 4.69) is 39.0 Å². The van der Waals surface area contributed by atoms with Gasteiger partial charge in [0.2, 0.25) is 11.8 Å². The number of carbonyl (C=O) groups is 2. The zero-order valence-electron chi connectivity index (χ0n) is 20.8. The minimum absolute atomic E-state index is 0.206. The third kappa shape index (κ3) is 6.16. The Bertz CT molecular complexity index is 1200. The van der Waals surface area contributed by atoms with E-state index in [1.54, 1.807) is 13.0 Å². The van der Waals surface area contributed by atoms with E-state index in [9.17, 15) is 14.4 Å². The number of nitrogens with one attached hydrogen (secondary N) is 1. The van der Waals surface area contributed by atoms with Crippen molar-refractivity contribution < 1.29 is 9.59 Å². The first-order chi connectivity index (χ1) is 16.9. The van der Waals surface area contributed by atoms with Crippen molar-refractivity contribution in [1.29, 1.82) is 0 Å². The van der Waals surface area contributed by atoms with Gasteiger partial charge in [-0.2, -0.15) is 0 Å². The van der Waals surface area contributed by atoms with Crippen molar-refractivity contribution in [2.75, 3.05) is 39.8 Å². The molecule has 1 atom stereocenters. The largest absolute Gasteiger partial charge is 0.304 e. The van der Waals surface area contributed by atoms with Crippen molar-refractivity contribution >= 4 is 22.7 Å². The molecule has 2 saturated heterocycles. The van der Waals surface area contributed by atoms with Crippen molar-refractivity contribution in [3.05, 3.63) is 39.9 Å². The van der Waals surface area contributed by atoms with Crippen LogP contribution in [0.15, 0.2) is 23.0 Å². The van der Waals surface area contributed by atoms with Gasteiger partial charge >= 0.3 is 0 Å². The van der Waals surface area contributed by atoms with Gasteiger partial charge in [-0.25, -0.2) is 4.98 Å². The van der Waals surface area contributed by atoms with Crippen LogP contribution in [0.2, 0.25) is 0 Å². The van der Waals surface area contributed by atoms with Crippen LogP contribution in [0.3, 0.4) is 0 Å². The van der Waals surface area contributed by atoms with Crippen LogP contribution >= 0.6 is 0 Å². The molecule has 2 amide bonds. The fourth-order valence-electron chi connectivity index (χ4n) is 4.88. The normalized spacial score (nSPS) is 19.4. The molecule has 1 aromatic heterocycles. The lowest BCUT2D eigenvalue weighted by Gasteiger charge is -2.32. The van der Waals surface area contributed by atoms with Crippen molar-refractivity contribution in [3.8, 4) is 11.8 Å². The number of hydrogen-bond donors (Lipinski definition) is 1. The van der Waals surface area contributed by atoms with Crippen LogP contribution in [0.5, 0.6) is 0 Å². The quantitative estimate of drug-likeness (QED) is 0.374. The Hall–Kier alpha value is -3.02. The minimum atomic E-state index is -0.732. The smallest absolute Gasteiger partial charge is 0.263 e. The summed E-state index contributed by atoms with van der Waals surface area (Å²) in [6.07, 6.45) is 5.91. The average Bonchev–Trinajstić information content (AvgIpc) is 2.83. The number of amides is 2. The van der Waals surface area contributed by atoms with Gasteiger partial charge in [0.25, 0.3) is 5.56 Å². The molecule has 3 heterocycles. The van der Waals surface area contributed by atoms with Gasteiger partial charge in [-0.1, -0.05) is 30.7 Å². The Morgan fingerprint density at radius 1 is 1.06 bits per heavy atom. The van der Waals surface area contributed by atoms with Crippen molar-refractivity contribution in [2.45, 2.75) is 57.9 Å². The summed E-state index contributed by atoms with van der Waals surface area (Å²) in [5.41, 5.74) is 0.929. The second-order valence-corrected chi connectivity index (χ2v) is 9.61. The van der Waals surface area contributed by atoms with Crippen LogP contribution in [0.1, 0.15) is 62.4 Å². The lowest BCUT2D eigenvalue weighted by molar-refractivity contribution is -0.135. The highest BCUT2D eigenvalue weighted by molar-refractivity contribution is 5.99. The summed E-state index contributed by atoms with van der Waals surface area (Å²) in [5.74, 6) is 6.09. The summed E-state index contributed by atoms with van der Waals surface area (Å²) in [4.78, 5) is 46.9. The SMILES string of the molecule is Cc1nc2cccc(C#CCCCCCCN3CCN(C)CC3)c2c(=O)n1C1CCC(=O)NC1=O. The zero-order chi connectivity index (χ0) is 24.8. The molecule has 186 valence electrons. The molecule has 1 unspecified atom stereocenters. The van der Waals surface area contributed by atoms with E-state index in [-0.39, 0.29) is 17.9 Å². The van der Waals surface area contributed by atoms with Gasteiger partial charge in [0.1, 0.15) is 11.9 Å². The van der Waals surface area contributed by atoms with Gasteiger partial charge in [0.05, 0.1) is 10.9 Å². The Kier molecular flexibility index (Phi) is 8.32. The number of hydrogen-bond acceptors (Lipinski definition) is 6. The van der Waals surface area contributed by atoms with Crippen LogP contribution in [-0.4, -0.2) is 70.9 Å². The Balaban J connectivity index is 1.37. The number of aryl methyl sites for hydroxylation is 1. The maximum absolute atomic E-state index is 13.4. The molecule has 4 rings (SSSR count). The van der Waals surface area contributed by atoms with Crippen LogP contribution in [0, 0.1) is 18.8 Å². The van der Waals surface area contributed by atoms with E-state index in [1.807, 2.05) is 12.1 Å². The molecule has 8 heteroatoms. The van der Waals surface area contributed by atoms with Crippen molar-refractivity contribution in [2.24, 2.45) is 0 Å². The van der Waals surface area contributed by atoms with E-state index in [0.717, 1.165) is 32.4 Å². The highest BCUT2D eigenvalue weighted by atomic mass is 16.2. The third-order valence-electron chi connectivity index (χ3n) is 6.97. The third-order valence-corrected chi connectivity index (χ3v) is 6.97. The van der Waals surface area contributed by atoms with Gasteiger partial charge < -0.3 is 9.80 Å². The molecule has 0 radical (unpaired) electrons. The predicted octanol–water partition coefficient (Wildman–Crippen LogP) is 2.23. The number of nitrogens with zero attached hydrogens (tertiary/aromatic N) is 4. The summed E-state index contributed by atoms with van der Waals surface area (Å²) >= 11 is 0. The molecule has 2 aromatic rings. The summed E-state index contributed by atoms with van der Waals surface area (Å²) in [7, 11) is 2.18. The Morgan fingerprint density at radius 3 is 2.60 bits per heavy atom. The number of likely N-dealkylation sites (N-methyl/N-ethyl adjacent to an activating group) is 1. The summed E-state index contributed by atoms with van der Waals surface area (Å²) < 4.78 is 1.41. The molecule has 0 bridgehead atoms. The molecule has 0 saturated carbocycles. The van der Waals surface area contributed by atoms with E-state index in [0.29, 0.717) is 28.7 Å². The monoisotopic (exact) mass is 477 g/mol. The molecule has 1 N–H and O–H groups in total. The molecule has 1 aromatic carbocycles. The van der Waals surface area contributed by atoms with Crippen LogP contribution in [0.4, 0.5) is 0 Å². The van der Waals surface area contributed by atoms with E-state index >= 15 is 0 Å². The molecule has 2 aliphatic rings. The molecular formula is C27H35N5O3. The molecule has 0 spiro atoms. The van der Waals surface area contributed by atoms with E-state index in [1.165, 1.54) is 37.0 Å². The van der Waals surface area contributed by atoms with Gasteiger partial charge in [-0.3, -0.25) is 24.3 Å². The van der Waals surface area contributed by atoms with Gasteiger partial charge in [0.15, 0.2) is 0 Å². The molecule has 35 heavy (non-hydrogen) atoms.